The molecule has 6 heteroatoms. The van der Waals surface area contributed by atoms with Gasteiger partial charge in [-0.05, 0) is 29.3 Å². The van der Waals surface area contributed by atoms with Crippen LogP contribution < -0.4 is 5.73 Å². The van der Waals surface area contributed by atoms with E-state index in [0.717, 1.165) is 36.7 Å². The first-order valence-electron chi connectivity index (χ1n) is 6.03. The van der Waals surface area contributed by atoms with Crippen LogP contribution in [0.1, 0.15) is 19.8 Å². The van der Waals surface area contributed by atoms with E-state index < -0.39 is 0 Å². The van der Waals surface area contributed by atoms with E-state index in [-0.39, 0.29) is 5.96 Å². The highest BCUT2D eigenvalue weighted by molar-refractivity contribution is 8.76. The SMILES string of the molecule is CCCCN(CCSSc1ccccn1)C(=N)N. The molecule has 0 fully saturated rings. The second kappa shape index (κ2) is 9.10. The van der Waals surface area contributed by atoms with E-state index >= 15 is 0 Å². The van der Waals surface area contributed by atoms with E-state index in [4.69, 9.17) is 11.1 Å². The highest BCUT2D eigenvalue weighted by Gasteiger charge is 2.05. The van der Waals surface area contributed by atoms with Gasteiger partial charge in [0.2, 0.25) is 0 Å². The largest absolute Gasteiger partial charge is 0.370 e. The Bertz CT molecular complexity index is 345. The summed E-state index contributed by atoms with van der Waals surface area (Å²) in [5, 5.41) is 8.52. The highest BCUT2D eigenvalue weighted by Crippen LogP contribution is 2.28. The number of pyridine rings is 1. The summed E-state index contributed by atoms with van der Waals surface area (Å²) >= 11 is 0. The minimum Gasteiger partial charge on any atom is -0.370 e. The summed E-state index contributed by atoms with van der Waals surface area (Å²) in [5.41, 5.74) is 5.55. The van der Waals surface area contributed by atoms with Crippen LogP contribution in [0, 0.1) is 5.41 Å². The maximum atomic E-state index is 7.50. The Balaban J connectivity index is 2.20. The molecule has 0 atom stereocenters. The van der Waals surface area contributed by atoms with Crippen LogP contribution in [0.4, 0.5) is 0 Å². The molecule has 0 amide bonds. The van der Waals surface area contributed by atoms with Crippen LogP contribution in [0.5, 0.6) is 0 Å². The molecule has 3 N–H and O–H groups in total. The molecule has 0 unspecified atom stereocenters. The van der Waals surface area contributed by atoms with E-state index in [2.05, 4.69) is 11.9 Å². The van der Waals surface area contributed by atoms with Gasteiger partial charge in [-0.2, -0.15) is 0 Å². The summed E-state index contributed by atoms with van der Waals surface area (Å²) < 4.78 is 0. The molecular weight excluding hydrogens is 264 g/mol. The van der Waals surface area contributed by atoms with E-state index in [1.54, 1.807) is 27.8 Å². The summed E-state index contributed by atoms with van der Waals surface area (Å²) in [6, 6.07) is 5.90. The van der Waals surface area contributed by atoms with Gasteiger partial charge in [0.15, 0.2) is 5.96 Å². The molecule has 0 aliphatic heterocycles. The zero-order chi connectivity index (χ0) is 13.2. The minimum absolute atomic E-state index is 0.173. The molecule has 0 saturated carbocycles. The van der Waals surface area contributed by atoms with Crippen LogP contribution in [-0.2, 0) is 0 Å². The van der Waals surface area contributed by atoms with E-state index in [0.29, 0.717) is 0 Å². The first kappa shape index (κ1) is 15.2. The fourth-order valence-electron chi connectivity index (χ4n) is 1.35. The van der Waals surface area contributed by atoms with Crippen molar-refractivity contribution < 1.29 is 0 Å². The average molecular weight is 284 g/mol. The number of nitrogens with two attached hydrogens (primary N) is 1. The van der Waals surface area contributed by atoms with Gasteiger partial charge in [-0.3, -0.25) is 5.41 Å². The summed E-state index contributed by atoms with van der Waals surface area (Å²) in [4.78, 5) is 6.17. The minimum atomic E-state index is 0.173. The fraction of sp³-hybridized carbons (Fsp3) is 0.500. The van der Waals surface area contributed by atoms with E-state index in [1.807, 2.05) is 23.1 Å². The predicted molar refractivity (Wildman–Crippen MR) is 80.9 cm³/mol. The smallest absolute Gasteiger partial charge is 0.188 e. The average Bonchev–Trinajstić information content (AvgIpc) is 2.38. The van der Waals surface area contributed by atoms with Crippen LogP contribution in [0.2, 0.25) is 0 Å². The number of guanidine groups is 1. The van der Waals surface area contributed by atoms with Crippen molar-refractivity contribution in [3.05, 3.63) is 24.4 Å². The Morgan fingerprint density at radius 1 is 1.44 bits per heavy atom. The Hall–Kier alpha value is -0.880. The second-order valence-corrected chi connectivity index (χ2v) is 6.24. The third-order valence-electron chi connectivity index (χ3n) is 2.35. The van der Waals surface area contributed by atoms with Crippen molar-refractivity contribution in [1.82, 2.24) is 9.88 Å². The molecule has 0 saturated heterocycles. The molecule has 0 aliphatic rings. The normalized spacial score (nSPS) is 10.3. The van der Waals surface area contributed by atoms with E-state index in [1.165, 1.54) is 0 Å². The van der Waals surface area contributed by atoms with Crippen molar-refractivity contribution in [3.8, 4) is 0 Å². The van der Waals surface area contributed by atoms with Gasteiger partial charge in [-0.1, -0.05) is 30.2 Å². The van der Waals surface area contributed by atoms with Gasteiger partial charge >= 0.3 is 0 Å². The Kier molecular flexibility index (Phi) is 7.68. The monoisotopic (exact) mass is 284 g/mol. The lowest BCUT2D eigenvalue weighted by atomic mass is 10.3. The van der Waals surface area contributed by atoms with Gasteiger partial charge in [0, 0.05) is 25.0 Å². The number of rotatable bonds is 8. The number of nitrogens with zero attached hydrogens (tertiary/aromatic N) is 2. The summed E-state index contributed by atoms with van der Waals surface area (Å²) in [6.45, 7) is 3.84. The van der Waals surface area contributed by atoms with Crippen LogP contribution in [0.3, 0.4) is 0 Å². The molecule has 1 aromatic rings. The van der Waals surface area contributed by atoms with Gasteiger partial charge in [0.1, 0.15) is 5.03 Å². The lowest BCUT2D eigenvalue weighted by Crippen LogP contribution is -2.38. The highest BCUT2D eigenvalue weighted by atomic mass is 33.1. The number of hydrogen-bond donors (Lipinski definition) is 2. The molecule has 0 aliphatic carbocycles. The molecule has 1 rings (SSSR count). The second-order valence-electron chi connectivity index (χ2n) is 3.80. The van der Waals surface area contributed by atoms with Gasteiger partial charge in [0.25, 0.3) is 0 Å². The Morgan fingerprint density at radius 2 is 2.28 bits per heavy atom. The Morgan fingerprint density at radius 3 is 2.89 bits per heavy atom. The van der Waals surface area contributed by atoms with Crippen molar-refractivity contribution in [3.63, 3.8) is 0 Å². The van der Waals surface area contributed by atoms with Gasteiger partial charge in [-0.15, -0.1) is 0 Å². The summed E-state index contributed by atoms with van der Waals surface area (Å²) in [7, 11) is 3.41. The number of nitrogens with one attached hydrogen (secondary N) is 1. The van der Waals surface area contributed by atoms with Crippen LogP contribution in [-0.4, -0.2) is 34.7 Å². The Labute approximate surface area is 117 Å². The zero-order valence-corrected chi connectivity index (χ0v) is 12.3. The third kappa shape index (κ3) is 6.16. The van der Waals surface area contributed by atoms with E-state index in [9.17, 15) is 0 Å². The number of unbranched alkanes of at least 4 members (excludes halogenated alkanes) is 1. The molecule has 100 valence electrons. The van der Waals surface area contributed by atoms with Crippen molar-refractivity contribution in [2.24, 2.45) is 5.73 Å². The lowest BCUT2D eigenvalue weighted by Gasteiger charge is -2.21. The van der Waals surface area contributed by atoms with Crippen LogP contribution in [0.25, 0.3) is 0 Å². The van der Waals surface area contributed by atoms with Crippen molar-refractivity contribution in [1.29, 1.82) is 5.41 Å². The maximum absolute atomic E-state index is 7.50. The molecule has 0 radical (unpaired) electrons. The quantitative estimate of drug-likeness (QED) is 0.332. The number of hydrogen-bond acceptors (Lipinski definition) is 4. The lowest BCUT2D eigenvalue weighted by molar-refractivity contribution is 0.424. The summed E-state index contributed by atoms with van der Waals surface area (Å²) in [5.74, 6) is 1.11. The topological polar surface area (TPSA) is 66.0 Å². The molecule has 1 heterocycles. The first-order chi connectivity index (χ1) is 8.74. The zero-order valence-electron chi connectivity index (χ0n) is 10.6. The summed E-state index contributed by atoms with van der Waals surface area (Å²) in [6.07, 6.45) is 4.00. The molecule has 1 aromatic heterocycles. The maximum Gasteiger partial charge on any atom is 0.188 e. The standard InChI is InChI=1S/C12H20N4S2/c1-2-3-8-16(12(13)14)9-10-17-18-11-6-4-5-7-15-11/h4-7H,2-3,8-10H2,1H3,(H3,13,14). The first-order valence-corrected chi connectivity index (χ1v) is 8.35. The molecule has 18 heavy (non-hydrogen) atoms. The van der Waals surface area contributed by atoms with Crippen molar-refractivity contribution in [2.45, 2.75) is 24.8 Å². The van der Waals surface area contributed by atoms with Crippen molar-refractivity contribution >= 4 is 27.5 Å². The fourth-order valence-corrected chi connectivity index (χ4v) is 3.22. The number of aromatic nitrogens is 1. The molecule has 0 aromatic carbocycles. The molecular formula is C12H20N4S2. The van der Waals surface area contributed by atoms with Crippen molar-refractivity contribution in [2.75, 3.05) is 18.8 Å². The molecule has 0 spiro atoms. The van der Waals surface area contributed by atoms with Gasteiger partial charge < -0.3 is 10.6 Å². The molecule has 4 nitrogen and oxygen atoms in total. The van der Waals surface area contributed by atoms with Crippen LogP contribution in [0.15, 0.2) is 29.4 Å². The predicted octanol–water partition coefficient (Wildman–Crippen LogP) is 2.82. The van der Waals surface area contributed by atoms with Crippen LogP contribution >= 0.6 is 21.6 Å². The third-order valence-corrected chi connectivity index (χ3v) is 4.59. The van der Waals surface area contributed by atoms with Gasteiger partial charge in [0.05, 0.1) is 0 Å². The molecule has 0 bridgehead atoms. The van der Waals surface area contributed by atoms with Gasteiger partial charge in [-0.25, -0.2) is 4.98 Å².